The summed E-state index contributed by atoms with van der Waals surface area (Å²) in [4.78, 5) is 15.9. The van der Waals surface area contributed by atoms with E-state index in [1.807, 2.05) is 30.5 Å². The SMILES string of the molecule is Cc1ccc(CNC(=O)c2csc(Br)c2)cn1. The van der Waals surface area contributed by atoms with Crippen LogP contribution in [0.3, 0.4) is 0 Å². The first-order valence-electron chi connectivity index (χ1n) is 5.09. The Balaban J connectivity index is 1.94. The third-order valence-corrected chi connectivity index (χ3v) is 3.76. The van der Waals surface area contributed by atoms with Gasteiger partial charge < -0.3 is 5.32 Å². The Morgan fingerprint density at radius 1 is 1.53 bits per heavy atom. The van der Waals surface area contributed by atoms with Gasteiger partial charge in [-0.05, 0) is 40.5 Å². The van der Waals surface area contributed by atoms with E-state index in [1.165, 1.54) is 11.3 Å². The van der Waals surface area contributed by atoms with Crippen LogP contribution in [0.5, 0.6) is 0 Å². The fraction of sp³-hybridized carbons (Fsp3) is 0.167. The zero-order valence-electron chi connectivity index (χ0n) is 9.24. The monoisotopic (exact) mass is 310 g/mol. The maximum Gasteiger partial charge on any atom is 0.252 e. The van der Waals surface area contributed by atoms with Gasteiger partial charge in [-0.1, -0.05) is 6.07 Å². The lowest BCUT2D eigenvalue weighted by Crippen LogP contribution is -2.22. The van der Waals surface area contributed by atoms with Crippen molar-refractivity contribution in [3.63, 3.8) is 0 Å². The number of aryl methyl sites for hydroxylation is 1. The van der Waals surface area contributed by atoms with E-state index < -0.39 is 0 Å². The number of nitrogens with zero attached hydrogens (tertiary/aromatic N) is 1. The van der Waals surface area contributed by atoms with Gasteiger partial charge in [-0.15, -0.1) is 11.3 Å². The molecule has 0 aliphatic carbocycles. The molecule has 0 aliphatic rings. The van der Waals surface area contributed by atoms with Gasteiger partial charge in [0.2, 0.25) is 0 Å². The molecule has 1 amide bonds. The van der Waals surface area contributed by atoms with Crippen LogP contribution in [0.25, 0.3) is 0 Å². The maximum atomic E-state index is 11.8. The summed E-state index contributed by atoms with van der Waals surface area (Å²) in [6.07, 6.45) is 1.78. The lowest BCUT2D eigenvalue weighted by atomic mass is 10.2. The van der Waals surface area contributed by atoms with Crippen LogP contribution in [0.4, 0.5) is 0 Å². The zero-order chi connectivity index (χ0) is 12.3. The second-order valence-electron chi connectivity index (χ2n) is 3.63. The molecule has 0 aromatic carbocycles. The average molecular weight is 311 g/mol. The molecular weight excluding hydrogens is 300 g/mol. The molecule has 2 heterocycles. The number of aromatic nitrogens is 1. The van der Waals surface area contributed by atoms with Gasteiger partial charge in [-0.25, -0.2) is 0 Å². The summed E-state index contributed by atoms with van der Waals surface area (Å²) in [5.41, 5.74) is 2.65. The minimum absolute atomic E-state index is 0.0625. The number of halogens is 1. The van der Waals surface area contributed by atoms with Crippen molar-refractivity contribution >= 4 is 33.2 Å². The topological polar surface area (TPSA) is 42.0 Å². The summed E-state index contributed by atoms with van der Waals surface area (Å²) in [5, 5.41) is 4.68. The van der Waals surface area contributed by atoms with Crippen molar-refractivity contribution in [1.29, 1.82) is 0 Å². The Kier molecular flexibility index (Phi) is 3.91. The fourth-order valence-corrected chi connectivity index (χ4v) is 2.45. The maximum absolute atomic E-state index is 11.8. The molecule has 2 rings (SSSR count). The molecule has 0 atom stereocenters. The normalized spacial score (nSPS) is 10.2. The molecule has 0 saturated heterocycles. The minimum Gasteiger partial charge on any atom is -0.348 e. The Bertz CT molecular complexity index is 522. The van der Waals surface area contributed by atoms with Crippen LogP contribution in [-0.2, 0) is 6.54 Å². The number of hydrogen-bond donors (Lipinski definition) is 1. The van der Waals surface area contributed by atoms with Crippen LogP contribution in [-0.4, -0.2) is 10.9 Å². The second kappa shape index (κ2) is 5.42. The highest BCUT2D eigenvalue weighted by Gasteiger charge is 2.07. The Hall–Kier alpha value is -1.20. The molecular formula is C12H11BrN2OS. The van der Waals surface area contributed by atoms with E-state index in [-0.39, 0.29) is 5.91 Å². The highest BCUT2D eigenvalue weighted by molar-refractivity contribution is 9.11. The first-order chi connectivity index (χ1) is 8.15. The van der Waals surface area contributed by atoms with Crippen LogP contribution in [0, 0.1) is 6.92 Å². The number of pyridine rings is 1. The second-order valence-corrected chi connectivity index (χ2v) is 5.92. The van der Waals surface area contributed by atoms with Crippen LogP contribution in [0.2, 0.25) is 0 Å². The first-order valence-corrected chi connectivity index (χ1v) is 6.76. The summed E-state index contributed by atoms with van der Waals surface area (Å²) in [5.74, 6) is -0.0625. The van der Waals surface area contributed by atoms with Crippen molar-refractivity contribution in [1.82, 2.24) is 10.3 Å². The number of rotatable bonds is 3. The number of hydrogen-bond acceptors (Lipinski definition) is 3. The Labute approximate surface area is 112 Å². The number of amides is 1. The van der Waals surface area contributed by atoms with Gasteiger partial charge in [-0.3, -0.25) is 9.78 Å². The molecule has 0 bridgehead atoms. The summed E-state index contributed by atoms with van der Waals surface area (Å²) in [6.45, 7) is 2.44. The van der Waals surface area contributed by atoms with Gasteiger partial charge in [0.25, 0.3) is 5.91 Å². The summed E-state index contributed by atoms with van der Waals surface area (Å²) < 4.78 is 0.958. The largest absolute Gasteiger partial charge is 0.348 e. The number of carbonyl (C=O) groups excluding carboxylic acids is 1. The highest BCUT2D eigenvalue weighted by atomic mass is 79.9. The van der Waals surface area contributed by atoms with E-state index in [9.17, 15) is 4.79 Å². The number of thiophene rings is 1. The molecule has 3 nitrogen and oxygen atoms in total. The van der Waals surface area contributed by atoms with E-state index in [1.54, 1.807) is 6.20 Å². The predicted molar refractivity (Wildman–Crippen MR) is 72.2 cm³/mol. The third kappa shape index (κ3) is 3.38. The Morgan fingerprint density at radius 3 is 2.94 bits per heavy atom. The van der Waals surface area contributed by atoms with Gasteiger partial charge in [-0.2, -0.15) is 0 Å². The van der Waals surface area contributed by atoms with E-state index in [4.69, 9.17) is 0 Å². The predicted octanol–water partition coefficient (Wildman–Crippen LogP) is 3.14. The quantitative estimate of drug-likeness (QED) is 0.946. The summed E-state index contributed by atoms with van der Waals surface area (Å²) in [7, 11) is 0. The average Bonchev–Trinajstić information content (AvgIpc) is 2.75. The van der Waals surface area contributed by atoms with E-state index in [0.29, 0.717) is 12.1 Å². The van der Waals surface area contributed by atoms with E-state index in [0.717, 1.165) is 15.0 Å². The van der Waals surface area contributed by atoms with Crippen molar-refractivity contribution in [3.05, 3.63) is 50.4 Å². The highest BCUT2D eigenvalue weighted by Crippen LogP contribution is 2.20. The molecule has 0 unspecified atom stereocenters. The van der Waals surface area contributed by atoms with Crippen LogP contribution < -0.4 is 5.32 Å². The molecule has 0 saturated carbocycles. The molecule has 0 aliphatic heterocycles. The summed E-state index contributed by atoms with van der Waals surface area (Å²) >= 11 is 4.83. The summed E-state index contributed by atoms with van der Waals surface area (Å²) in [6, 6.07) is 5.71. The zero-order valence-corrected chi connectivity index (χ0v) is 11.6. The van der Waals surface area contributed by atoms with Gasteiger partial charge in [0.15, 0.2) is 0 Å². The van der Waals surface area contributed by atoms with Crippen LogP contribution in [0.1, 0.15) is 21.6 Å². The molecule has 0 fully saturated rings. The van der Waals surface area contributed by atoms with Crippen molar-refractivity contribution in [3.8, 4) is 0 Å². The fourth-order valence-electron chi connectivity index (χ4n) is 1.32. The molecule has 88 valence electrons. The third-order valence-electron chi connectivity index (χ3n) is 2.26. The standard InChI is InChI=1S/C12H11BrN2OS/c1-8-2-3-9(5-14-8)6-15-12(16)10-4-11(13)17-7-10/h2-5,7H,6H2,1H3,(H,15,16). The van der Waals surface area contributed by atoms with Gasteiger partial charge in [0, 0.05) is 23.8 Å². The van der Waals surface area contributed by atoms with Gasteiger partial charge in [0.1, 0.15) is 0 Å². The van der Waals surface area contributed by atoms with Gasteiger partial charge in [0.05, 0.1) is 9.35 Å². The lowest BCUT2D eigenvalue weighted by molar-refractivity contribution is 0.0951. The molecule has 1 N–H and O–H groups in total. The van der Waals surface area contributed by atoms with Gasteiger partial charge >= 0.3 is 0 Å². The number of carbonyl (C=O) groups is 1. The molecule has 5 heteroatoms. The molecule has 2 aromatic rings. The molecule has 0 spiro atoms. The Morgan fingerprint density at radius 2 is 2.35 bits per heavy atom. The van der Waals surface area contributed by atoms with E-state index >= 15 is 0 Å². The number of nitrogens with one attached hydrogen (secondary N) is 1. The smallest absolute Gasteiger partial charge is 0.252 e. The van der Waals surface area contributed by atoms with Crippen molar-refractivity contribution in [2.24, 2.45) is 0 Å². The van der Waals surface area contributed by atoms with Crippen LogP contribution in [0.15, 0.2) is 33.6 Å². The van der Waals surface area contributed by atoms with Crippen molar-refractivity contribution < 1.29 is 4.79 Å². The molecule has 0 radical (unpaired) electrons. The lowest BCUT2D eigenvalue weighted by Gasteiger charge is -2.03. The molecule has 17 heavy (non-hydrogen) atoms. The minimum atomic E-state index is -0.0625. The van der Waals surface area contributed by atoms with Crippen LogP contribution >= 0.6 is 27.3 Å². The first kappa shape index (κ1) is 12.3. The molecule has 2 aromatic heterocycles. The van der Waals surface area contributed by atoms with Crippen molar-refractivity contribution in [2.75, 3.05) is 0 Å². The van der Waals surface area contributed by atoms with E-state index in [2.05, 4.69) is 26.2 Å². The van der Waals surface area contributed by atoms with Crippen molar-refractivity contribution in [2.45, 2.75) is 13.5 Å².